The van der Waals surface area contributed by atoms with Crippen LogP contribution >= 0.6 is 34.8 Å². The Morgan fingerprint density at radius 1 is 1.38 bits per heavy atom. The van der Waals surface area contributed by atoms with Crippen molar-refractivity contribution in [2.24, 2.45) is 0 Å². The van der Waals surface area contributed by atoms with Gasteiger partial charge >= 0.3 is 0 Å². The lowest BCUT2D eigenvalue weighted by atomic mass is 9.93. The first-order chi connectivity index (χ1) is 9.88. The van der Waals surface area contributed by atoms with E-state index in [2.05, 4.69) is 10.6 Å². The topological polar surface area (TPSA) is 54.3 Å². The van der Waals surface area contributed by atoms with Crippen molar-refractivity contribution in [1.82, 2.24) is 10.6 Å². The normalized spacial score (nSPS) is 24.6. The Labute approximate surface area is 137 Å². The molecule has 8 heteroatoms. The third-order valence-corrected chi connectivity index (χ3v) is 4.06. The fourth-order valence-electron chi connectivity index (χ4n) is 2.32. The quantitative estimate of drug-likeness (QED) is 0.640. The summed E-state index contributed by atoms with van der Waals surface area (Å²) in [5.74, 6) is -0.438. The fraction of sp³-hybridized carbons (Fsp3) is 0.615. The van der Waals surface area contributed by atoms with E-state index in [-0.39, 0.29) is 5.76 Å². The second-order valence-electron chi connectivity index (χ2n) is 5.00. The number of furan rings is 1. The minimum absolute atomic E-state index is 0.0940. The van der Waals surface area contributed by atoms with E-state index in [0.29, 0.717) is 12.8 Å². The van der Waals surface area contributed by atoms with Gasteiger partial charge in [0.2, 0.25) is 3.79 Å². The molecule has 21 heavy (non-hydrogen) atoms. The SMILES string of the molecule is O=C(NC(NC1CCCCC1F)C(Cl)(Cl)Cl)c1ccco1. The van der Waals surface area contributed by atoms with Gasteiger partial charge in [-0.3, -0.25) is 10.1 Å². The van der Waals surface area contributed by atoms with Crippen LogP contribution in [0.2, 0.25) is 0 Å². The Balaban J connectivity index is 2.03. The molecule has 1 aromatic rings. The molecule has 2 rings (SSSR count). The first-order valence-electron chi connectivity index (χ1n) is 6.69. The van der Waals surface area contributed by atoms with E-state index in [1.165, 1.54) is 12.3 Å². The van der Waals surface area contributed by atoms with Crippen molar-refractivity contribution in [2.45, 2.75) is 47.9 Å². The summed E-state index contributed by atoms with van der Waals surface area (Å²) in [6, 6.07) is 2.62. The number of hydrogen-bond acceptors (Lipinski definition) is 3. The predicted octanol–water partition coefficient (Wildman–Crippen LogP) is 3.58. The molecule has 0 radical (unpaired) electrons. The van der Waals surface area contributed by atoms with Gasteiger partial charge in [-0.1, -0.05) is 47.6 Å². The smallest absolute Gasteiger partial charge is 0.288 e. The second-order valence-corrected chi connectivity index (χ2v) is 7.37. The van der Waals surface area contributed by atoms with Gasteiger partial charge in [-0.05, 0) is 25.0 Å². The number of amides is 1. The maximum Gasteiger partial charge on any atom is 0.288 e. The molecule has 0 bridgehead atoms. The first-order valence-corrected chi connectivity index (χ1v) is 7.82. The number of carbonyl (C=O) groups is 1. The largest absolute Gasteiger partial charge is 0.459 e. The molecule has 118 valence electrons. The Hall–Kier alpha value is -0.490. The van der Waals surface area contributed by atoms with Crippen LogP contribution in [0.1, 0.15) is 36.2 Å². The summed E-state index contributed by atoms with van der Waals surface area (Å²) in [4.78, 5) is 12.0. The molecule has 1 amide bonds. The Morgan fingerprint density at radius 2 is 2.10 bits per heavy atom. The highest BCUT2D eigenvalue weighted by molar-refractivity contribution is 6.68. The minimum atomic E-state index is -1.81. The number of nitrogens with one attached hydrogen (secondary N) is 2. The van der Waals surface area contributed by atoms with Crippen LogP contribution in [0.5, 0.6) is 0 Å². The summed E-state index contributed by atoms with van der Waals surface area (Å²) in [7, 11) is 0. The third-order valence-electron chi connectivity index (χ3n) is 3.41. The van der Waals surface area contributed by atoms with Crippen LogP contribution < -0.4 is 10.6 Å². The number of hydrogen-bond donors (Lipinski definition) is 2. The molecule has 0 saturated heterocycles. The third kappa shape index (κ3) is 4.74. The van der Waals surface area contributed by atoms with Gasteiger partial charge in [0, 0.05) is 6.04 Å². The molecule has 1 heterocycles. The monoisotopic (exact) mass is 356 g/mol. The molecule has 0 aromatic carbocycles. The number of rotatable bonds is 4. The summed E-state index contributed by atoms with van der Waals surface area (Å²) < 4.78 is 17.1. The highest BCUT2D eigenvalue weighted by atomic mass is 35.6. The van der Waals surface area contributed by atoms with Gasteiger partial charge < -0.3 is 9.73 Å². The lowest BCUT2D eigenvalue weighted by Gasteiger charge is -2.34. The zero-order valence-corrected chi connectivity index (χ0v) is 13.4. The summed E-state index contributed by atoms with van der Waals surface area (Å²) in [6.45, 7) is 0. The molecule has 0 spiro atoms. The van der Waals surface area contributed by atoms with E-state index in [0.717, 1.165) is 12.8 Å². The van der Waals surface area contributed by atoms with Crippen LogP contribution in [-0.2, 0) is 0 Å². The van der Waals surface area contributed by atoms with Gasteiger partial charge in [0.15, 0.2) is 5.76 Å². The second kappa shape index (κ2) is 7.18. The molecule has 1 aliphatic carbocycles. The molecule has 1 aromatic heterocycles. The van der Waals surface area contributed by atoms with Crippen molar-refractivity contribution >= 4 is 40.7 Å². The van der Waals surface area contributed by atoms with E-state index < -0.39 is 28.1 Å². The maximum atomic E-state index is 13.9. The number of halogens is 4. The van der Waals surface area contributed by atoms with E-state index in [1.807, 2.05) is 0 Å². The molecule has 3 unspecified atom stereocenters. The van der Waals surface area contributed by atoms with Gasteiger partial charge in [0.25, 0.3) is 5.91 Å². The van der Waals surface area contributed by atoms with E-state index >= 15 is 0 Å². The summed E-state index contributed by atoms with van der Waals surface area (Å²) in [6.07, 6.45) is 2.18. The average Bonchev–Trinajstić information content (AvgIpc) is 2.93. The molecule has 1 saturated carbocycles. The van der Waals surface area contributed by atoms with E-state index in [1.54, 1.807) is 6.07 Å². The molecule has 1 fully saturated rings. The average molecular weight is 358 g/mol. The highest BCUT2D eigenvalue weighted by Gasteiger charge is 2.38. The minimum Gasteiger partial charge on any atom is -0.459 e. The van der Waals surface area contributed by atoms with Gasteiger partial charge in [-0.2, -0.15) is 0 Å². The standard InChI is InChI=1S/C13H16Cl3FN2O2/c14-13(15,16)12(18-9-5-2-1-4-8(9)17)19-11(20)10-6-3-7-21-10/h3,6-9,12,18H,1-2,4-5H2,(H,19,20). The first kappa shape index (κ1) is 16.9. The Bertz CT molecular complexity index is 464. The number of alkyl halides is 4. The van der Waals surface area contributed by atoms with E-state index in [4.69, 9.17) is 39.2 Å². The summed E-state index contributed by atoms with van der Waals surface area (Å²) in [5.41, 5.74) is 0. The van der Waals surface area contributed by atoms with E-state index in [9.17, 15) is 9.18 Å². The van der Waals surface area contributed by atoms with Gasteiger partial charge in [-0.25, -0.2) is 4.39 Å². The van der Waals surface area contributed by atoms with Crippen LogP contribution in [0.15, 0.2) is 22.8 Å². The van der Waals surface area contributed by atoms with Gasteiger partial charge in [-0.15, -0.1) is 0 Å². The predicted molar refractivity (Wildman–Crippen MR) is 80.5 cm³/mol. The zero-order valence-electron chi connectivity index (χ0n) is 11.1. The molecule has 2 N–H and O–H groups in total. The van der Waals surface area contributed by atoms with Gasteiger partial charge in [0.1, 0.15) is 12.3 Å². The van der Waals surface area contributed by atoms with Crippen molar-refractivity contribution in [1.29, 1.82) is 0 Å². The number of carbonyl (C=O) groups excluding carboxylic acids is 1. The van der Waals surface area contributed by atoms with Crippen molar-refractivity contribution in [3.8, 4) is 0 Å². The van der Waals surface area contributed by atoms with Crippen LogP contribution in [0.25, 0.3) is 0 Å². The Morgan fingerprint density at radius 3 is 2.67 bits per heavy atom. The highest BCUT2D eigenvalue weighted by Crippen LogP contribution is 2.31. The molecule has 1 aliphatic rings. The summed E-state index contributed by atoms with van der Waals surface area (Å²) in [5, 5.41) is 5.41. The van der Waals surface area contributed by atoms with Gasteiger partial charge in [0.05, 0.1) is 6.26 Å². The lowest BCUT2D eigenvalue weighted by molar-refractivity contribution is 0.0884. The lowest BCUT2D eigenvalue weighted by Crippen LogP contribution is -2.58. The molecule has 3 atom stereocenters. The van der Waals surface area contributed by atoms with Crippen LogP contribution in [0.3, 0.4) is 0 Å². The van der Waals surface area contributed by atoms with Crippen molar-refractivity contribution < 1.29 is 13.6 Å². The summed E-state index contributed by atoms with van der Waals surface area (Å²) >= 11 is 17.6. The van der Waals surface area contributed by atoms with Crippen LogP contribution in [0, 0.1) is 0 Å². The molecular weight excluding hydrogens is 342 g/mol. The zero-order chi connectivity index (χ0) is 15.5. The van der Waals surface area contributed by atoms with Crippen molar-refractivity contribution in [3.05, 3.63) is 24.2 Å². The maximum absolute atomic E-state index is 13.9. The Kier molecular flexibility index (Phi) is 5.77. The van der Waals surface area contributed by atoms with Crippen LogP contribution in [0.4, 0.5) is 4.39 Å². The molecule has 4 nitrogen and oxygen atoms in total. The van der Waals surface area contributed by atoms with Crippen molar-refractivity contribution in [3.63, 3.8) is 0 Å². The van der Waals surface area contributed by atoms with Crippen LogP contribution in [-0.4, -0.2) is 28.1 Å². The molecule has 0 aliphatic heterocycles. The molecular formula is C13H16Cl3FN2O2. The van der Waals surface area contributed by atoms with Crippen molar-refractivity contribution in [2.75, 3.05) is 0 Å². The fourth-order valence-corrected chi connectivity index (χ4v) is 2.67.